The van der Waals surface area contributed by atoms with Gasteiger partial charge in [0.25, 0.3) is 0 Å². The van der Waals surface area contributed by atoms with E-state index >= 15 is 0 Å². The van der Waals surface area contributed by atoms with E-state index in [-0.39, 0.29) is 12.4 Å². The van der Waals surface area contributed by atoms with Crippen LogP contribution in [0.25, 0.3) is 0 Å². The van der Waals surface area contributed by atoms with E-state index in [1.165, 1.54) is 0 Å². The van der Waals surface area contributed by atoms with Crippen molar-refractivity contribution in [1.82, 2.24) is 0 Å². The molecule has 0 saturated heterocycles. The van der Waals surface area contributed by atoms with E-state index in [2.05, 4.69) is 21.1 Å². The minimum absolute atomic E-state index is 0.237. The monoisotopic (exact) mass is 320 g/mol. The number of hydrogen-bond donors (Lipinski definition) is 0. The van der Waals surface area contributed by atoms with Crippen LogP contribution in [0.1, 0.15) is 27.2 Å². The average Bonchev–Trinajstić information content (AvgIpc) is 2.32. The number of likely N-dealkylation sites (N-methyl/N-ethyl adjacent to an activating group) is 1. The quantitative estimate of drug-likeness (QED) is 0.310. The maximum atomic E-state index is 11.4. The topological polar surface area (TPSA) is 54.0 Å². The van der Waals surface area contributed by atoms with Crippen LogP contribution in [0.2, 0.25) is 0 Å². The third-order valence-electron chi connectivity index (χ3n) is 2.52. The number of carbonyl (C=O) groups excluding carboxylic acids is 1. The largest absolute Gasteiger partial charge is 0.460 e. The molecule has 0 heterocycles. The Morgan fingerprint density at radius 1 is 0.818 bits per heavy atom. The molecule has 0 spiro atoms. The standard InChI is InChI=1S/C16H34NO5/c1-16(2,3)22-15(18)7-9-19-11-13-21-14-12-20-10-8-17(4,5)6/h7-14H2,1-6H3/q+1. The summed E-state index contributed by atoms with van der Waals surface area (Å²) in [5.74, 6) is -0.237. The molecule has 0 radical (unpaired) electrons. The van der Waals surface area contributed by atoms with Crippen LogP contribution in [-0.4, -0.2) is 83.4 Å². The van der Waals surface area contributed by atoms with Crippen LogP contribution in [0.15, 0.2) is 0 Å². The van der Waals surface area contributed by atoms with Crippen molar-refractivity contribution in [2.75, 3.05) is 67.3 Å². The zero-order valence-electron chi connectivity index (χ0n) is 15.1. The highest BCUT2D eigenvalue weighted by molar-refractivity contribution is 5.69. The molecule has 0 unspecified atom stereocenters. The van der Waals surface area contributed by atoms with Gasteiger partial charge in [-0.3, -0.25) is 4.79 Å². The zero-order chi connectivity index (χ0) is 17.1. The van der Waals surface area contributed by atoms with Crippen LogP contribution >= 0.6 is 0 Å². The van der Waals surface area contributed by atoms with Crippen molar-refractivity contribution in [1.29, 1.82) is 0 Å². The number of carbonyl (C=O) groups is 1. The van der Waals surface area contributed by atoms with Crippen LogP contribution in [-0.2, 0) is 23.7 Å². The van der Waals surface area contributed by atoms with Gasteiger partial charge in [0.15, 0.2) is 0 Å². The fourth-order valence-corrected chi connectivity index (χ4v) is 1.43. The van der Waals surface area contributed by atoms with E-state index < -0.39 is 5.60 Å². The SMILES string of the molecule is CC(C)(C)OC(=O)CCOCCOCCOCC[N+](C)(C)C. The molecule has 22 heavy (non-hydrogen) atoms. The molecule has 0 rings (SSSR count). The third kappa shape index (κ3) is 17.4. The summed E-state index contributed by atoms with van der Waals surface area (Å²) < 4.78 is 22.2. The Labute approximate surface area is 135 Å². The van der Waals surface area contributed by atoms with Gasteiger partial charge < -0.3 is 23.4 Å². The van der Waals surface area contributed by atoms with Gasteiger partial charge in [-0.2, -0.15) is 0 Å². The normalized spacial score (nSPS) is 12.5. The van der Waals surface area contributed by atoms with E-state index in [0.29, 0.717) is 33.0 Å². The zero-order valence-corrected chi connectivity index (χ0v) is 15.1. The molecule has 0 amide bonds. The number of rotatable bonds is 12. The summed E-state index contributed by atoms with van der Waals surface area (Å²) in [7, 11) is 6.40. The number of nitrogens with zero attached hydrogens (tertiary/aromatic N) is 1. The van der Waals surface area contributed by atoms with Gasteiger partial charge in [-0.25, -0.2) is 0 Å². The van der Waals surface area contributed by atoms with Crippen LogP contribution in [0.4, 0.5) is 0 Å². The number of quaternary nitrogens is 1. The van der Waals surface area contributed by atoms with Crippen molar-refractivity contribution in [3.63, 3.8) is 0 Å². The second-order valence-electron chi connectivity index (χ2n) is 7.19. The molecule has 0 aromatic rings. The van der Waals surface area contributed by atoms with Crippen LogP contribution in [0.3, 0.4) is 0 Å². The molecular formula is C16H34NO5+. The lowest BCUT2D eigenvalue weighted by Gasteiger charge is -2.23. The van der Waals surface area contributed by atoms with Crippen molar-refractivity contribution >= 4 is 5.97 Å². The highest BCUT2D eigenvalue weighted by Gasteiger charge is 2.15. The van der Waals surface area contributed by atoms with Crippen molar-refractivity contribution in [3.8, 4) is 0 Å². The summed E-state index contributed by atoms with van der Waals surface area (Å²) in [6, 6.07) is 0. The van der Waals surface area contributed by atoms with E-state index in [4.69, 9.17) is 18.9 Å². The minimum atomic E-state index is -0.438. The Bertz CT molecular complexity index is 294. The first-order valence-corrected chi connectivity index (χ1v) is 7.86. The summed E-state index contributed by atoms with van der Waals surface area (Å²) in [6.07, 6.45) is 0.269. The second kappa shape index (κ2) is 10.9. The van der Waals surface area contributed by atoms with Gasteiger partial charge in [-0.15, -0.1) is 0 Å². The number of hydrogen-bond acceptors (Lipinski definition) is 5. The molecule has 0 aromatic carbocycles. The fraction of sp³-hybridized carbons (Fsp3) is 0.938. The van der Waals surface area contributed by atoms with Crippen molar-refractivity contribution in [2.24, 2.45) is 0 Å². The third-order valence-corrected chi connectivity index (χ3v) is 2.52. The van der Waals surface area contributed by atoms with Crippen molar-refractivity contribution < 1.29 is 28.2 Å². The maximum Gasteiger partial charge on any atom is 0.308 e. The summed E-state index contributed by atoms with van der Waals surface area (Å²) in [6.45, 7) is 9.76. The highest BCUT2D eigenvalue weighted by atomic mass is 16.6. The molecule has 132 valence electrons. The van der Waals surface area contributed by atoms with Gasteiger partial charge in [-0.05, 0) is 20.8 Å². The Kier molecular flexibility index (Phi) is 10.6. The first kappa shape index (κ1) is 21.3. The van der Waals surface area contributed by atoms with Gasteiger partial charge >= 0.3 is 5.97 Å². The predicted molar refractivity (Wildman–Crippen MR) is 85.8 cm³/mol. The van der Waals surface area contributed by atoms with Crippen LogP contribution < -0.4 is 0 Å². The average molecular weight is 320 g/mol. The molecule has 0 saturated carbocycles. The van der Waals surface area contributed by atoms with E-state index in [1.54, 1.807) is 0 Å². The summed E-state index contributed by atoms with van der Waals surface area (Å²) in [4.78, 5) is 11.4. The van der Waals surface area contributed by atoms with Gasteiger partial charge in [0.05, 0.1) is 67.2 Å². The smallest absolute Gasteiger partial charge is 0.308 e. The van der Waals surface area contributed by atoms with Gasteiger partial charge in [0.1, 0.15) is 12.1 Å². The fourth-order valence-electron chi connectivity index (χ4n) is 1.43. The molecule has 0 aliphatic rings. The summed E-state index contributed by atoms with van der Waals surface area (Å²) in [5, 5.41) is 0. The van der Waals surface area contributed by atoms with Gasteiger partial charge in [0, 0.05) is 0 Å². The van der Waals surface area contributed by atoms with E-state index in [1.807, 2.05) is 20.8 Å². The molecule has 0 fully saturated rings. The molecule has 0 N–H and O–H groups in total. The molecule has 0 atom stereocenters. The lowest BCUT2D eigenvalue weighted by Crippen LogP contribution is -2.37. The number of ether oxygens (including phenoxy) is 4. The predicted octanol–water partition coefficient (Wildman–Crippen LogP) is 1.47. The molecule has 0 aromatic heterocycles. The minimum Gasteiger partial charge on any atom is -0.460 e. The van der Waals surface area contributed by atoms with E-state index in [0.717, 1.165) is 17.6 Å². The molecular weight excluding hydrogens is 286 g/mol. The molecule has 6 heteroatoms. The summed E-state index contributed by atoms with van der Waals surface area (Å²) in [5.41, 5.74) is -0.438. The van der Waals surface area contributed by atoms with Crippen molar-refractivity contribution in [2.45, 2.75) is 32.8 Å². The number of esters is 1. The molecule has 0 aliphatic carbocycles. The Morgan fingerprint density at radius 2 is 1.27 bits per heavy atom. The maximum absolute atomic E-state index is 11.4. The lowest BCUT2D eigenvalue weighted by molar-refractivity contribution is -0.870. The highest BCUT2D eigenvalue weighted by Crippen LogP contribution is 2.07. The first-order chi connectivity index (χ1) is 10.1. The molecule has 0 bridgehead atoms. The Hall–Kier alpha value is -0.690. The van der Waals surface area contributed by atoms with E-state index in [9.17, 15) is 4.79 Å². The summed E-state index contributed by atoms with van der Waals surface area (Å²) >= 11 is 0. The first-order valence-electron chi connectivity index (χ1n) is 7.86. The van der Waals surface area contributed by atoms with Crippen LogP contribution in [0, 0.1) is 0 Å². The van der Waals surface area contributed by atoms with Crippen LogP contribution in [0.5, 0.6) is 0 Å². The Morgan fingerprint density at radius 3 is 1.73 bits per heavy atom. The van der Waals surface area contributed by atoms with Gasteiger partial charge in [-0.1, -0.05) is 0 Å². The Balaban J connectivity index is 3.26. The second-order valence-corrected chi connectivity index (χ2v) is 7.19. The van der Waals surface area contributed by atoms with Gasteiger partial charge in [0.2, 0.25) is 0 Å². The lowest BCUT2D eigenvalue weighted by atomic mass is 10.2. The molecule has 6 nitrogen and oxygen atoms in total. The molecule has 0 aliphatic heterocycles. The van der Waals surface area contributed by atoms with Crippen molar-refractivity contribution in [3.05, 3.63) is 0 Å².